The first-order chi connectivity index (χ1) is 41.3. The van der Waals surface area contributed by atoms with Crippen molar-refractivity contribution in [3.05, 3.63) is 302 Å². The Balaban J connectivity index is 0.000000246. The van der Waals surface area contributed by atoms with Gasteiger partial charge in [0.05, 0.1) is 41.0 Å². The van der Waals surface area contributed by atoms with E-state index in [4.69, 9.17) is 0 Å². The molecule has 13 rings (SSSR count). The van der Waals surface area contributed by atoms with E-state index in [1.807, 2.05) is 171 Å². The van der Waals surface area contributed by atoms with E-state index in [1.165, 1.54) is 58.3 Å². The minimum absolute atomic E-state index is 0.711. The van der Waals surface area contributed by atoms with Gasteiger partial charge in [-0.25, -0.2) is 34.9 Å². The van der Waals surface area contributed by atoms with Gasteiger partial charge in [0.1, 0.15) is 37.0 Å². The van der Waals surface area contributed by atoms with Crippen LogP contribution in [0.3, 0.4) is 0 Å². The van der Waals surface area contributed by atoms with Crippen LogP contribution >= 0.6 is 0 Å². The fourth-order valence-electron chi connectivity index (χ4n) is 5.83. The second kappa shape index (κ2) is 43.7. The maximum absolute atomic E-state index is 4.24. The van der Waals surface area contributed by atoms with Crippen molar-refractivity contribution in [3.63, 3.8) is 0 Å². The molecule has 20 nitrogen and oxygen atoms in total. The highest BCUT2D eigenvalue weighted by molar-refractivity contribution is 5.82. The lowest BCUT2D eigenvalue weighted by molar-refractivity contribution is 0.907. The average Bonchev–Trinajstić information content (AvgIpc) is 3.74. The Morgan fingerprint density at radius 1 is 0.235 bits per heavy atom. The molecule has 0 aliphatic heterocycles. The Bertz CT molecular complexity index is 3030. The smallest absolute Gasteiger partial charge is 0.147 e. The number of aryl methyl sites for hydroxylation is 11. The van der Waals surface area contributed by atoms with Crippen molar-refractivity contribution in [3.8, 4) is 0 Å². The quantitative estimate of drug-likeness (QED) is 0.137. The van der Waals surface area contributed by atoms with Gasteiger partial charge in [-0.2, -0.15) is 20.4 Å². The van der Waals surface area contributed by atoms with E-state index in [2.05, 4.69) is 132 Å². The topological polar surface area (TPSA) is 258 Å². The molecule has 0 atom stereocenters. The van der Waals surface area contributed by atoms with Crippen LogP contribution in [0.2, 0.25) is 0 Å². The zero-order chi connectivity index (χ0) is 61.4. The zero-order valence-corrected chi connectivity index (χ0v) is 50.0. The number of hydrogen-bond donors (Lipinski definition) is 0. The molecule has 11 heterocycles. The number of hydrogen-bond acceptors (Lipinski definition) is 20. The molecule has 0 aliphatic carbocycles. The van der Waals surface area contributed by atoms with Crippen LogP contribution in [0.1, 0.15) is 62.2 Å². The van der Waals surface area contributed by atoms with Crippen molar-refractivity contribution in [1.29, 1.82) is 0 Å². The summed E-state index contributed by atoms with van der Waals surface area (Å²) in [6.45, 7) is 21.5. The molecule has 0 amide bonds. The minimum atomic E-state index is 0.711. The van der Waals surface area contributed by atoms with E-state index in [1.54, 1.807) is 87.5 Å². The van der Waals surface area contributed by atoms with E-state index >= 15 is 0 Å². The second-order valence-electron chi connectivity index (χ2n) is 17.6. The SMILES string of the molecule is Cc1cccc2ncccc12.Cc1ccccn1.Cc1cccnc1.Cc1ccnc2ccccc12.Cc1ccncc1.Cc1ccncn1.Cc1ccnnc1.Cc1cnccn1.Cc1cncnn1.Cc1nccnn1.Cc1ncncn1. The van der Waals surface area contributed by atoms with Gasteiger partial charge in [0.25, 0.3) is 0 Å². The number of nitrogens with zero attached hydrogens (tertiary/aromatic N) is 20. The van der Waals surface area contributed by atoms with Crippen molar-refractivity contribution >= 4 is 21.8 Å². The standard InChI is InChI=1S/2C10H9N.3C6H7N.3C5H6N2.3C4H5N3/c1-8-4-2-6-10-9(8)5-3-7-11-10;1-8-6-7-11-10-5-3-2-4-9(8)10;1-6-2-4-7-5-3-6;1-6-3-2-4-7-5-6;1-6-4-2-3-5-7-6;1-5-4-6-2-3-7-5;1-5-2-3-6-4-7-5;1-5-2-3-6-7-4-5;1-4-6-2-5-3-7-4;1-4-2-5-3-6-7-4;1-4-5-2-3-6-7-4/h2*2-7H,1H3;3*2-5H,1H3;3*2-4H,1H3;3*2-3H,1H3. The fraction of sp³-hybridized carbons (Fsp3) is 0.169. The number of rotatable bonds is 0. The number of benzene rings is 2. The van der Waals surface area contributed by atoms with Crippen LogP contribution in [0.4, 0.5) is 0 Å². The molecular weight excluding hydrogens is 1060 g/mol. The molecule has 0 aliphatic rings. The predicted octanol–water partition coefficient (Wildman–Crippen LogP) is 12.2. The Morgan fingerprint density at radius 2 is 0.835 bits per heavy atom. The number of fused-ring (bicyclic) bond motifs is 2. The summed E-state index contributed by atoms with van der Waals surface area (Å²) in [5, 5.41) is 24.1. The molecule has 13 aromatic rings. The molecule has 2 aromatic carbocycles. The molecule has 85 heavy (non-hydrogen) atoms. The monoisotopic (exact) mass is 1130 g/mol. The zero-order valence-electron chi connectivity index (χ0n) is 50.0. The van der Waals surface area contributed by atoms with Crippen LogP contribution < -0.4 is 0 Å². The van der Waals surface area contributed by atoms with Gasteiger partial charge in [0, 0.05) is 103 Å². The van der Waals surface area contributed by atoms with Gasteiger partial charge in [-0.1, -0.05) is 48.5 Å². The summed E-state index contributed by atoms with van der Waals surface area (Å²) in [5.41, 5.74) is 12.2. The third kappa shape index (κ3) is 34.7. The number of pyridine rings is 5. The van der Waals surface area contributed by atoms with Crippen molar-refractivity contribution in [1.82, 2.24) is 100 Å². The normalized spacial score (nSPS) is 9.12. The summed E-state index contributed by atoms with van der Waals surface area (Å²) in [6, 6.07) is 37.9. The average molecular weight is 1130 g/mol. The molecule has 0 saturated carbocycles. The molecule has 0 spiro atoms. The van der Waals surface area contributed by atoms with Crippen LogP contribution in [-0.2, 0) is 0 Å². The lowest BCUT2D eigenvalue weighted by Gasteiger charge is -1.97. The van der Waals surface area contributed by atoms with Gasteiger partial charge in [-0.3, -0.25) is 34.9 Å². The van der Waals surface area contributed by atoms with Gasteiger partial charge in [0.2, 0.25) is 0 Å². The summed E-state index contributed by atoms with van der Waals surface area (Å²) in [7, 11) is 0. The lowest BCUT2D eigenvalue weighted by atomic mass is 10.1. The molecule has 20 heteroatoms. The Labute approximate surface area is 498 Å². The maximum Gasteiger partial charge on any atom is 0.147 e. The molecule has 0 saturated heterocycles. The van der Waals surface area contributed by atoms with E-state index in [0.717, 1.165) is 45.2 Å². The van der Waals surface area contributed by atoms with Crippen LogP contribution in [0.5, 0.6) is 0 Å². The Hall–Kier alpha value is -11.0. The first kappa shape index (κ1) is 68.3. The van der Waals surface area contributed by atoms with Gasteiger partial charge in [-0.15, -0.1) is 10.2 Å². The highest BCUT2D eigenvalue weighted by Crippen LogP contribution is 2.15. The summed E-state index contributed by atoms with van der Waals surface area (Å²) in [4.78, 5) is 54.2. The maximum atomic E-state index is 4.24. The van der Waals surface area contributed by atoms with Gasteiger partial charge in [0.15, 0.2) is 0 Å². The third-order valence-electron chi connectivity index (χ3n) is 10.2. The molecule has 0 unspecified atom stereocenters. The predicted molar refractivity (Wildman–Crippen MR) is 334 cm³/mol. The largest absolute Gasteiger partial charge is 0.265 e. The number of para-hydroxylation sites is 1. The van der Waals surface area contributed by atoms with Crippen LogP contribution in [-0.4, -0.2) is 100 Å². The summed E-state index contributed by atoms with van der Waals surface area (Å²) >= 11 is 0. The fourth-order valence-corrected chi connectivity index (χ4v) is 5.83. The molecule has 0 radical (unpaired) electrons. The van der Waals surface area contributed by atoms with Crippen molar-refractivity contribution < 1.29 is 0 Å². The van der Waals surface area contributed by atoms with E-state index < -0.39 is 0 Å². The van der Waals surface area contributed by atoms with Crippen molar-refractivity contribution in [2.45, 2.75) is 76.2 Å². The van der Waals surface area contributed by atoms with Crippen LogP contribution in [0.25, 0.3) is 21.8 Å². The van der Waals surface area contributed by atoms with E-state index in [0.29, 0.717) is 5.82 Å². The Kier molecular flexibility index (Phi) is 35.1. The summed E-state index contributed by atoms with van der Waals surface area (Å²) in [5.74, 6) is 1.47. The van der Waals surface area contributed by atoms with E-state index in [-0.39, 0.29) is 0 Å². The third-order valence-corrected chi connectivity index (χ3v) is 10.2. The lowest BCUT2D eigenvalue weighted by Crippen LogP contribution is -1.85. The van der Waals surface area contributed by atoms with Crippen molar-refractivity contribution in [2.75, 3.05) is 0 Å². The molecular formula is C65H72N20. The molecule has 0 bridgehead atoms. The molecule has 0 fully saturated rings. The van der Waals surface area contributed by atoms with Gasteiger partial charge < -0.3 is 0 Å². The molecule has 11 aromatic heterocycles. The Morgan fingerprint density at radius 3 is 1.25 bits per heavy atom. The summed E-state index contributed by atoms with van der Waals surface area (Å²) < 4.78 is 0. The van der Waals surface area contributed by atoms with E-state index in [9.17, 15) is 0 Å². The number of aromatic nitrogens is 20. The molecule has 0 N–H and O–H groups in total. The second-order valence-corrected chi connectivity index (χ2v) is 17.6. The van der Waals surface area contributed by atoms with Gasteiger partial charge in [-0.05, 0) is 171 Å². The van der Waals surface area contributed by atoms with Gasteiger partial charge >= 0.3 is 0 Å². The minimum Gasteiger partial charge on any atom is -0.265 e. The van der Waals surface area contributed by atoms with Crippen LogP contribution in [0.15, 0.2) is 240 Å². The highest BCUT2D eigenvalue weighted by Gasteiger charge is 1.95. The van der Waals surface area contributed by atoms with Crippen LogP contribution in [0, 0.1) is 76.2 Å². The molecule has 432 valence electrons. The first-order valence-corrected chi connectivity index (χ1v) is 26.5. The highest BCUT2D eigenvalue weighted by atomic mass is 15.1. The summed E-state index contributed by atoms with van der Waals surface area (Å²) in [6.07, 6.45) is 33.5. The first-order valence-electron chi connectivity index (χ1n) is 26.5. The van der Waals surface area contributed by atoms with Crippen molar-refractivity contribution in [2.24, 2.45) is 0 Å².